The number of rotatable bonds is 3. The van der Waals surface area contributed by atoms with Crippen LogP contribution in [0.25, 0.3) is 0 Å². The van der Waals surface area contributed by atoms with Crippen molar-refractivity contribution in [2.45, 2.75) is 6.18 Å². The number of hydrogen-bond donors (Lipinski definition) is 2. The van der Waals surface area contributed by atoms with Crippen molar-refractivity contribution < 1.29 is 18.0 Å². The predicted molar refractivity (Wildman–Crippen MR) is 75.4 cm³/mol. The van der Waals surface area contributed by atoms with Crippen LogP contribution in [0.5, 0.6) is 0 Å². The van der Waals surface area contributed by atoms with Crippen LogP contribution >= 0.6 is 0 Å². The van der Waals surface area contributed by atoms with Crippen molar-refractivity contribution in [1.82, 2.24) is 0 Å². The maximum absolute atomic E-state index is 12.8. The highest BCUT2D eigenvalue weighted by atomic mass is 19.4. The summed E-state index contributed by atoms with van der Waals surface area (Å²) in [5, 5.41) is 5.18. The zero-order valence-corrected chi connectivity index (χ0v) is 11.2. The van der Waals surface area contributed by atoms with Gasteiger partial charge in [0.25, 0.3) is 5.91 Å². The van der Waals surface area contributed by atoms with E-state index in [0.717, 1.165) is 11.8 Å². The Labute approximate surface area is 119 Å². The van der Waals surface area contributed by atoms with Crippen molar-refractivity contribution in [3.05, 3.63) is 59.7 Å². The minimum absolute atomic E-state index is 0.257. The largest absolute Gasteiger partial charge is 0.418 e. The molecule has 0 aliphatic rings. The van der Waals surface area contributed by atoms with Crippen molar-refractivity contribution in [2.75, 3.05) is 17.7 Å². The second kappa shape index (κ2) is 5.87. The van der Waals surface area contributed by atoms with Crippen molar-refractivity contribution in [2.24, 2.45) is 0 Å². The summed E-state index contributed by atoms with van der Waals surface area (Å²) in [4.78, 5) is 12.0. The summed E-state index contributed by atoms with van der Waals surface area (Å²) in [6.07, 6.45) is -4.51. The first-order valence-electron chi connectivity index (χ1n) is 6.17. The second-order valence-electron chi connectivity index (χ2n) is 4.32. The van der Waals surface area contributed by atoms with E-state index in [9.17, 15) is 18.0 Å². The molecule has 3 nitrogen and oxygen atoms in total. The number of alkyl halides is 3. The van der Waals surface area contributed by atoms with Gasteiger partial charge in [-0.1, -0.05) is 12.1 Å². The van der Waals surface area contributed by atoms with Crippen LogP contribution in [0.15, 0.2) is 48.5 Å². The van der Waals surface area contributed by atoms with Gasteiger partial charge in [0.05, 0.1) is 11.3 Å². The van der Waals surface area contributed by atoms with Gasteiger partial charge >= 0.3 is 6.18 Å². The van der Waals surface area contributed by atoms with Crippen molar-refractivity contribution in [3.63, 3.8) is 0 Å². The van der Waals surface area contributed by atoms with Crippen LogP contribution in [0, 0.1) is 0 Å². The summed E-state index contributed by atoms with van der Waals surface area (Å²) < 4.78 is 38.5. The summed E-state index contributed by atoms with van der Waals surface area (Å²) >= 11 is 0. The number of benzene rings is 2. The number of nitrogens with one attached hydrogen (secondary N) is 2. The summed E-state index contributed by atoms with van der Waals surface area (Å²) in [6.45, 7) is 0. The van der Waals surface area contributed by atoms with Gasteiger partial charge in [0.2, 0.25) is 0 Å². The number of carbonyl (C=O) groups excluding carboxylic acids is 1. The van der Waals surface area contributed by atoms with Crippen LogP contribution in [0.2, 0.25) is 0 Å². The molecule has 2 rings (SSSR count). The lowest BCUT2D eigenvalue weighted by atomic mass is 10.1. The number of hydrogen-bond acceptors (Lipinski definition) is 2. The Morgan fingerprint density at radius 1 is 1.00 bits per heavy atom. The third-order valence-corrected chi connectivity index (χ3v) is 2.92. The van der Waals surface area contributed by atoms with Gasteiger partial charge in [-0.05, 0) is 36.4 Å². The number of halogens is 3. The molecule has 1 amide bonds. The molecule has 21 heavy (non-hydrogen) atoms. The molecule has 0 saturated carbocycles. The maximum Gasteiger partial charge on any atom is 0.418 e. The smallest absolute Gasteiger partial charge is 0.388 e. The Hall–Kier alpha value is -2.50. The number of carbonyl (C=O) groups is 1. The van der Waals surface area contributed by atoms with Crippen LogP contribution in [0.1, 0.15) is 15.9 Å². The average molecular weight is 294 g/mol. The molecule has 0 aliphatic carbocycles. The molecule has 110 valence electrons. The van der Waals surface area contributed by atoms with Crippen molar-refractivity contribution >= 4 is 17.3 Å². The van der Waals surface area contributed by atoms with E-state index in [4.69, 9.17) is 0 Å². The van der Waals surface area contributed by atoms with Crippen molar-refractivity contribution in [3.8, 4) is 0 Å². The molecule has 0 aromatic heterocycles. The molecule has 0 radical (unpaired) electrons. The van der Waals surface area contributed by atoms with Gasteiger partial charge in [0.1, 0.15) is 0 Å². The lowest BCUT2D eigenvalue weighted by Gasteiger charge is -2.13. The molecule has 0 fully saturated rings. The molecule has 0 atom stereocenters. The molecule has 0 aliphatic heterocycles. The van der Waals surface area contributed by atoms with Crippen molar-refractivity contribution in [1.29, 1.82) is 0 Å². The Balaban J connectivity index is 2.23. The van der Waals surface area contributed by atoms with Crippen LogP contribution in [-0.2, 0) is 6.18 Å². The molecule has 2 aromatic rings. The standard InChI is InChI=1S/C15H13F3N2O/c1-19-11-8-6-10(7-9-11)14(21)20-13-5-3-2-4-12(13)15(16,17)18/h2-9,19H,1H3,(H,20,21). The quantitative estimate of drug-likeness (QED) is 0.898. The zero-order valence-electron chi connectivity index (χ0n) is 11.2. The Morgan fingerprint density at radius 2 is 1.62 bits per heavy atom. The lowest BCUT2D eigenvalue weighted by molar-refractivity contribution is -0.136. The first kappa shape index (κ1) is 14.9. The highest BCUT2D eigenvalue weighted by Gasteiger charge is 2.33. The number of anilines is 2. The molecular formula is C15H13F3N2O. The minimum Gasteiger partial charge on any atom is -0.388 e. The van der Waals surface area contributed by atoms with E-state index in [1.807, 2.05) is 0 Å². The normalized spacial score (nSPS) is 11.0. The van der Waals surface area contributed by atoms with Gasteiger partial charge in [0, 0.05) is 18.3 Å². The summed E-state index contributed by atoms with van der Waals surface area (Å²) in [6, 6.07) is 11.3. The lowest BCUT2D eigenvalue weighted by Crippen LogP contribution is -2.16. The summed E-state index contributed by atoms with van der Waals surface area (Å²) in [7, 11) is 1.73. The van der Waals surface area contributed by atoms with Crippen LogP contribution in [0.4, 0.5) is 24.5 Å². The van der Waals surface area contributed by atoms with E-state index in [0.29, 0.717) is 0 Å². The minimum atomic E-state index is -4.51. The molecule has 6 heteroatoms. The van der Waals surface area contributed by atoms with Gasteiger partial charge in [-0.2, -0.15) is 13.2 Å². The monoisotopic (exact) mass is 294 g/mol. The predicted octanol–water partition coefficient (Wildman–Crippen LogP) is 4.00. The molecule has 0 heterocycles. The highest BCUT2D eigenvalue weighted by Crippen LogP contribution is 2.34. The Bertz CT molecular complexity index is 636. The van der Waals surface area contributed by atoms with Gasteiger partial charge in [0.15, 0.2) is 0 Å². The average Bonchev–Trinajstić information content (AvgIpc) is 2.47. The fourth-order valence-corrected chi connectivity index (χ4v) is 1.82. The molecular weight excluding hydrogens is 281 g/mol. The van der Waals surface area contributed by atoms with E-state index in [2.05, 4.69) is 10.6 Å². The van der Waals surface area contributed by atoms with E-state index >= 15 is 0 Å². The Morgan fingerprint density at radius 3 is 2.19 bits per heavy atom. The van der Waals surface area contributed by atoms with Crippen LogP contribution in [-0.4, -0.2) is 13.0 Å². The number of para-hydroxylation sites is 1. The van der Waals surface area contributed by atoms with E-state index < -0.39 is 17.6 Å². The van der Waals surface area contributed by atoms with E-state index in [-0.39, 0.29) is 11.3 Å². The Kier molecular flexibility index (Phi) is 4.16. The summed E-state index contributed by atoms with van der Waals surface area (Å²) in [5.74, 6) is -0.589. The second-order valence-corrected chi connectivity index (χ2v) is 4.32. The molecule has 0 saturated heterocycles. The van der Waals surface area contributed by atoms with Gasteiger partial charge < -0.3 is 10.6 Å². The fourth-order valence-electron chi connectivity index (χ4n) is 1.82. The first-order chi connectivity index (χ1) is 9.91. The van der Waals surface area contributed by atoms with Crippen LogP contribution in [0.3, 0.4) is 0 Å². The molecule has 2 aromatic carbocycles. The molecule has 0 unspecified atom stereocenters. The third-order valence-electron chi connectivity index (χ3n) is 2.92. The fraction of sp³-hybridized carbons (Fsp3) is 0.133. The van der Waals surface area contributed by atoms with Gasteiger partial charge in [-0.3, -0.25) is 4.79 Å². The molecule has 0 spiro atoms. The molecule has 0 bridgehead atoms. The zero-order chi connectivity index (χ0) is 15.5. The third kappa shape index (κ3) is 3.53. The van der Waals surface area contributed by atoms with Crippen LogP contribution < -0.4 is 10.6 Å². The first-order valence-corrected chi connectivity index (χ1v) is 6.17. The SMILES string of the molecule is CNc1ccc(C(=O)Nc2ccccc2C(F)(F)F)cc1. The molecule has 2 N–H and O–H groups in total. The topological polar surface area (TPSA) is 41.1 Å². The number of amides is 1. The highest BCUT2D eigenvalue weighted by molar-refractivity contribution is 6.04. The van der Waals surface area contributed by atoms with Gasteiger partial charge in [-0.15, -0.1) is 0 Å². The van der Waals surface area contributed by atoms with E-state index in [1.54, 1.807) is 19.2 Å². The van der Waals surface area contributed by atoms with E-state index in [1.165, 1.54) is 30.3 Å². The summed E-state index contributed by atoms with van der Waals surface area (Å²) in [5.41, 5.74) is -0.0360. The maximum atomic E-state index is 12.8. The van der Waals surface area contributed by atoms with Gasteiger partial charge in [-0.25, -0.2) is 0 Å².